The highest BCUT2D eigenvalue weighted by Gasteiger charge is 2.58. The number of rotatable bonds is 9. The van der Waals surface area contributed by atoms with Crippen molar-refractivity contribution in [2.24, 2.45) is 47.3 Å². The lowest BCUT2D eigenvalue weighted by molar-refractivity contribution is -0.207. The summed E-state index contributed by atoms with van der Waals surface area (Å²) in [6.45, 7) is 3.69. The minimum absolute atomic E-state index is 0.200. The molecular formula is C35H46O7S. The molecule has 234 valence electrons. The van der Waals surface area contributed by atoms with E-state index in [0.717, 1.165) is 75.0 Å². The molecule has 0 N–H and O–H groups in total. The fourth-order valence-corrected chi connectivity index (χ4v) is 11.1. The third-order valence-corrected chi connectivity index (χ3v) is 13.0. The molecule has 1 aromatic carbocycles. The molecule has 0 saturated heterocycles. The summed E-state index contributed by atoms with van der Waals surface area (Å²) in [4.78, 5) is 41.0. The smallest absolute Gasteiger partial charge is 0.344 e. The Morgan fingerprint density at radius 2 is 1.23 bits per heavy atom. The lowest BCUT2D eigenvalue weighted by Gasteiger charge is -2.59. The summed E-state index contributed by atoms with van der Waals surface area (Å²) in [6.07, 6.45) is 11.3. The molecule has 0 aliphatic heterocycles. The van der Waals surface area contributed by atoms with Gasteiger partial charge in [-0.25, -0.2) is 4.79 Å². The van der Waals surface area contributed by atoms with Crippen LogP contribution in [0.3, 0.4) is 0 Å². The molecule has 9 rings (SSSR count). The van der Waals surface area contributed by atoms with Gasteiger partial charge in [0.2, 0.25) is 0 Å². The third kappa shape index (κ3) is 5.27. The van der Waals surface area contributed by atoms with E-state index in [1.54, 1.807) is 18.2 Å². The van der Waals surface area contributed by atoms with Crippen LogP contribution in [0.1, 0.15) is 96.0 Å². The lowest BCUT2D eigenvalue weighted by atomic mass is 9.50. The van der Waals surface area contributed by atoms with Gasteiger partial charge in [-0.15, -0.1) is 12.6 Å². The van der Waals surface area contributed by atoms with Crippen molar-refractivity contribution in [1.29, 1.82) is 0 Å². The summed E-state index contributed by atoms with van der Waals surface area (Å²) in [6, 6.07) is 5.22. The lowest BCUT2D eigenvalue weighted by Crippen LogP contribution is -2.58. The molecule has 8 heteroatoms. The molecule has 1 atom stereocenters. The van der Waals surface area contributed by atoms with Crippen molar-refractivity contribution >= 4 is 30.5 Å². The third-order valence-electron chi connectivity index (χ3n) is 12.8. The maximum atomic E-state index is 13.7. The van der Waals surface area contributed by atoms with Gasteiger partial charge in [0, 0.05) is 10.5 Å². The van der Waals surface area contributed by atoms with E-state index >= 15 is 0 Å². The average molecular weight is 611 g/mol. The second-order valence-corrected chi connectivity index (χ2v) is 15.7. The van der Waals surface area contributed by atoms with Gasteiger partial charge in [0.15, 0.2) is 6.61 Å². The average Bonchev–Trinajstić information content (AvgIpc) is 2.96. The highest BCUT2D eigenvalue weighted by atomic mass is 32.1. The normalized spacial score (nSPS) is 40.7. The van der Waals surface area contributed by atoms with E-state index in [1.165, 1.54) is 20.0 Å². The number of thiol groups is 1. The van der Waals surface area contributed by atoms with Crippen molar-refractivity contribution in [3.8, 4) is 5.75 Å². The van der Waals surface area contributed by atoms with E-state index in [2.05, 4.69) is 26.5 Å². The van der Waals surface area contributed by atoms with E-state index in [4.69, 9.17) is 18.9 Å². The molecule has 0 heterocycles. The Morgan fingerprint density at radius 3 is 1.70 bits per heavy atom. The minimum Gasteiger partial charge on any atom is -0.496 e. The van der Waals surface area contributed by atoms with Crippen LogP contribution in [-0.4, -0.2) is 42.8 Å². The van der Waals surface area contributed by atoms with Gasteiger partial charge in [0.1, 0.15) is 17.0 Å². The Kier molecular flexibility index (Phi) is 7.54. The number of carbonyl (C=O) groups is 3. The zero-order valence-corrected chi connectivity index (χ0v) is 26.6. The van der Waals surface area contributed by atoms with Crippen LogP contribution in [0, 0.1) is 47.3 Å². The molecule has 1 unspecified atom stereocenters. The van der Waals surface area contributed by atoms with Crippen molar-refractivity contribution in [3.05, 3.63) is 23.8 Å². The SMILES string of the molecule is COc1ccc(S)cc1C(CC(=O)OC1(C)C2CC3CC(C2)CC1C3)C(=O)OCC(=O)OC1(C)C2CC3CC(C2)CC1C3. The molecule has 8 aliphatic rings. The van der Waals surface area contributed by atoms with Crippen LogP contribution >= 0.6 is 12.6 Å². The van der Waals surface area contributed by atoms with E-state index in [-0.39, 0.29) is 6.42 Å². The van der Waals surface area contributed by atoms with E-state index in [1.807, 2.05) is 0 Å². The van der Waals surface area contributed by atoms with Crippen LogP contribution in [0.4, 0.5) is 0 Å². The summed E-state index contributed by atoms with van der Waals surface area (Å²) in [5.41, 5.74) is -0.516. The zero-order valence-electron chi connectivity index (χ0n) is 25.7. The molecule has 0 aromatic heterocycles. The summed E-state index contributed by atoms with van der Waals surface area (Å²) in [7, 11) is 1.52. The van der Waals surface area contributed by atoms with Crippen molar-refractivity contribution in [3.63, 3.8) is 0 Å². The van der Waals surface area contributed by atoms with Crippen molar-refractivity contribution in [2.75, 3.05) is 13.7 Å². The Labute approximate surface area is 260 Å². The molecule has 8 aliphatic carbocycles. The molecule has 7 nitrogen and oxygen atoms in total. The number of hydrogen-bond donors (Lipinski definition) is 1. The first-order valence-corrected chi connectivity index (χ1v) is 17.0. The quantitative estimate of drug-likeness (QED) is 0.194. The first-order valence-electron chi connectivity index (χ1n) is 16.5. The molecule has 8 bridgehead atoms. The Hall–Kier alpha value is -2.22. The minimum atomic E-state index is -1.00. The summed E-state index contributed by atoms with van der Waals surface area (Å²) in [5.74, 6) is 2.34. The van der Waals surface area contributed by atoms with Crippen molar-refractivity contribution in [1.82, 2.24) is 0 Å². The molecule has 0 spiro atoms. The maximum absolute atomic E-state index is 13.7. The number of benzene rings is 1. The molecule has 1 aromatic rings. The van der Waals surface area contributed by atoms with Gasteiger partial charge in [-0.05, 0) is 144 Å². The van der Waals surface area contributed by atoms with Crippen LogP contribution in [0.25, 0.3) is 0 Å². The van der Waals surface area contributed by atoms with Crippen molar-refractivity contribution in [2.45, 2.75) is 106 Å². The van der Waals surface area contributed by atoms with Crippen LogP contribution in [0.5, 0.6) is 5.75 Å². The molecule has 8 saturated carbocycles. The number of hydrogen-bond acceptors (Lipinski definition) is 8. The fourth-order valence-electron chi connectivity index (χ4n) is 10.8. The summed E-state index contributed by atoms with van der Waals surface area (Å²) in [5, 5.41) is 0. The predicted molar refractivity (Wildman–Crippen MR) is 162 cm³/mol. The van der Waals surface area contributed by atoms with E-state index in [0.29, 0.717) is 39.9 Å². The van der Waals surface area contributed by atoms with Gasteiger partial charge in [-0.1, -0.05) is 0 Å². The van der Waals surface area contributed by atoms with Gasteiger partial charge in [-0.3, -0.25) is 9.59 Å². The van der Waals surface area contributed by atoms with Gasteiger partial charge in [-0.2, -0.15) is 0 Å². The second-order valence-electron chi connectivity index (χ2n) is 15.2. The summed E-state index contributed by atoms with van der Waals surface area (Å²) < 4.78 is 23.6. The number of carbonyl (C=O) groups excluding carboxylic acids is 3. The molecule has 43 heavy (non-hydrogen) atoms. The van der Waals surface area contributed by atoms with Crippen LogP contribution in [0.2, 0.25) is 0 Å². The Balaban J connectivity index is 1.04. The van der Waals surface area contributed by atoms with E-state index in [9.17, 15) is 14.4 Å². The number of methoxy groups -OCH3 is 1. The van der Waals surface area contributed by atoms with Crippen LogP contribution in [0.15, 0.2) is 23.1 Å². The molecule has 0 radical (unpaired) electrons. The standard InChI is InChI=1S/C35H46O7S/c1-34(23-8-19-6-20(10-23)11-24(34)9-19)41-31(36)17-29(28-16-27(43)4-5-30(28)39-3)33(38)40-18-32(37)42-35(2)25-12-21-7-22(14-25)15-26(35)13-21/h4-5,16,19-26,29,43H,6-15,17-18H2,1-3H3. The van der Waals surface area contributed by atoms with Gasteiger partial charge < -0.3 is 18.9 Å². The van der Waals surface area contributed by atoms with Crippen LogP contribution in [-0.2, 0) is 28.6 Å². The highest BCUT2D eigenvalue weighted by molar-refractivity contribution is 7.80. The van der Waals surface area contributed by atoms with Gasteiger partial charge in [0.05, 0.1) is 19.4 Å². The highest BCUT2D eigenvalue weighted by Crippen LogP contribution is 2.60. The Morgan fingerprint density at radius 1 is 0.767 bits per heavy atom. The molecule has 0 amide bonds. The van der Waals surface area contributed by atoms with Gasteiger partial charge in [0.25, 0.3) is 0 Å². The molecule has 8 fully saturated rings. The fraction of sp³-hybridized carbons (Fsp3) is 0.743. The zero-order chi connectivity index (χ0) is 30.1. The molecular weight excluding hydrogens is 564 g/mol. The topological polar surface area (TPSA) is 88.1 Å². The first kappa shape index (κ1) is 29.5. The Bertz CT molecular complexity index is 1230. The summed E-state index contributed by atoms with van der Waals surface area (Å²) >= 11 is 4.48. The number of esters is 3. The first-order chi connectivity index (χ1) is 20.5. The predicted octanol–water partition coefficient (Wildman–Crippen LogP) is 6.52. The van der Waals surface area contributed by atoms with Crippen molar-refractivity contribution < 1.29 is 33.3 Å². The van der Waals surface area contributed by atoms with Gasteiger partial charge >= 0.3 is 17.9 Å². The maximum Gasteiger partial charge on any atom is 0.344 e. The largest absolute Gasteiger partial charge is 0.496 e. The van der Waals surface area contributed by atoms with Crippen LogP contribution < -0.4 is 4.74 Å². The van der Waals surface area contributed by atoms with E-state index < -0.39 is 41.6 Å². The second kappa shape index (κ2) is 11.0. The monoisotopic (exact) mass is 610 g/mol. The number of ether oxygens (including phenoxy) is 4.